The van der Waals surface area contributed by atoms with Crippen LogP contribution in [0.25, 0.3) is 0 Å². The van der Waals surface area contributed by atoms with Gasteiger partial charge in [0.2, 0.25) is 10.0 Å². The lowest BCUT2D eigenvalue weighted by molar-refractivity contribution is 0.0582. The fraction of sp³-hybridized carbons (Fsp3) is 1.00. The first-order valence-corrected chi connectivity index (χ1v) is 6.44. The lowest BCUT2D eigenvalue weighted by atomic mass is 10.1. The number of hydrogen-bond acceptors (Lipinski definition) is 5. The van der Waals surface area contributed by atoms with Gasteiger partial charge >= 0.3 is 0 Å². The van der Waals surface area contributed by atoms with Crippen molar-refractivity contribution in [1.29, 1.82) is 0 Å². The molecule has 0 spiro atoms. The minimum atomic E-state index is -3.57. The van der Waals surface area contributed by atoms with Crippen molar-refractivity contribution in [3.05, 3.63) is 0 Å². The van der Waals surface area contributed by atoms with Crippen molar-refractivity contribution in [2.24, 2.45) is 0 Å². The molecule has 0 atom stereocenters. The average molecular weight is 241 g/mol. The summed E-state index contributed by atoms with van der Waals surface area (Å²) in [5, 5.41) is 26.8. The van der Waals surface area contributed by atoms with E-state index >= 15 is 0 Å². The molecule has 0 heterocycles. The lowest BCUT2D eigenvalue weighted by Crippen LogP contribution is -2.57. The van der Waals surface area contributed by atoms with Crippen LogP contribution in [0.4, 0.5) is 0 Å². The minimum absolute atomic E-state index is 0.0781. The summed E-state index contributed by atoms with van der Waals surface area (Å²) in [5.41, 5.74) is -1.56. The van der Waals surface area contributed by atoms with Gasteiger partial charge in [-0.3, -0.25) is 0 Å². The Morgan fingerprint density at radius 3 is 1.93 bits per heavy atom. The van der Waals surface area contributed by atoms with Crippen molar-refractivity contribution in [3.63, 3.8) is 0 Å². The predicted molar refractivity (Wildman–Crippen MR) is 55.8 cm³/mol. The SMILES string of the molecule is CCCCS(=O)(=O)NC(CO)(CO)CO. The van der Waals surface area contributed by atoms with E-state index in [1.807, 2.05) is 6.92 Å². The van der Waals surface area contributed by atoms with Gasteiger partial charge in [0.15, 0.2) is 0 Å². The molecule has 0 aromatic rings. The number of aliphatic hydroxyl groups excluding tert-OH is 3. The van der Waals surface area contributed by atoms with Gasteiger partial charge in [-0.15, -0.1) is 0 Å². The standard InChI is InChI=1S/C8H19NO5S/c1-2-3-4-15(13,14)9-8(5-10,6-11)7-12/h9-12H,2-7H2,1H3. The molecule has 0 aliphatic heterocycles. The maximum absolute atomic E-state index is 11.4. The van der Waals surface area contributed by atoms with Crippen LogP contribution in [-0.2, 0) is 10.0 Å². The van der Waals surface area contributed by atoms with Gasteiger partial charge in [0.05, 0.1) is 25.6 Å². The molecule has 0 aromatic heterocycles. The van der Waals surface area contributed by atoms with E-state index < -0.39 is 35.4 Å². The van der Waals surface area contributed by atoms with E-state index in [0.717, 1.165) is 6.42 Å². The Bertz CT molecular complexity index is 252. The van der Waals surface area contributed by atoms with Gasteiger partial charge in [0.1, 0.15) is 5.54 Å². The number of unbranched alkanes of at least 4 members (excludes halogenated alkanes) is 1. The Morgan fingerprint density at radius 1 is 1.13 bits per heavy atom. The fourth-order valence-electron chi connectivity index (χ4n) is 0.962. The van der Waals surface area contributed by atoms with Crippen LogP contribution in [0.15, 0.2) is 0 Å². The first kappa shape index (κ1) is 14.8. The quantitative estimate of drug-likeness (QED) is 0.410. The second kappa shape index (κ2) is 6.39. The molecule has 0 saturated heterocycles. The zero-order valence-corrected chi connectivity index (χ0v) is 9.63. The molecular formula is C8H19NO5S. The van der Waals surface area contributed by atoms with Crippen LogP contribution in [0.5, 0.6) is 0 Å². The number of rotatable bonds is 8. The van der Waals surface area contributed by atoms with Crippen molar-refractivity contribution in [1.82, 2.24) is 4.72 Å². The molecule has 7 heteroatoms. The molecule has 0 aromatic carbocycles. The third-order valence-electron chi connectivity index (χ3n) is 2.05. The van der Waals surface area contributed by atoms with Gasteiger partial charge in [0, 0.05) is 0 Å². The Labute approximate surface area is 90.0 Å². The number of nitrogens with one attached hydrogen (secondary N) is 1. The van der Waals surface area contributed by atoms with Gasteiger partial charge in [-0.25, -0.2) is 13.1 Å². The summed E-state index contributed by atoms with van der Waals surface area (Å²) in [7, 11) is -3.57. The van der Waals surface area contributed by atoms with E-state index in [2.05, 4.69) is 4.72 Å². The minimum Gasteiger partial charge on any atom is -0.394 e. The summed E-state index contributed by atoms with van der Waals surface area (Å²) in [6, 6.07) is 0. The maximum atomic E-state index is 11.4. The Hall–Kier alpha value is -0.210. The van der Waals surface area contributed by atoms with Crippen LogP contribution >= 0.6 is 0 Å². The van der Waals surface area contributed by atoms with Crippen molar-refractivity contribution in [2.75, 3.05) is 25.6 Å². The summed E-state index contributed by atoms with van der Waals surface area (Å²) >= 11 is 0. The average Bonchev–Trinajstić information content (AvgIpc) is 2.23. The topological polar surface area (TPSA) is 107 Å². The highest BCUT2D eigenvalue weighted by molar-refractivity contribution is 7.89. The van der Waals surface area contributed by atoms with Crippen molar-refractivity contribution >= 4 is 10.0 Å². The fourth-order valence-corrected chi connectivity index (χ4v) is 2.59. The van der Waals surface area contributed by atoms with Crippen molar-refractivity contribution < 1.29 is 23.7 Å². The number of sulfonamides is 1. The largest absolute Gasteiger partial charge is 0.394 e. The van der Waals surface area contributed by atoms with Crippen LogP contribution < -0.4 is 4.72 Å². The van der Waals surface area contributed by atoms with E-state index in [1.54, 1.807) is 0 Å². The second-order valence-corrected chi connectivity index (χ2v) is 5.37. The zero-order valence-electron chi connectivity index (χ0n) is 8.81. The van der Waals surface area contributed by atoms with Crippen LogP contribution in [0.2, 0.25) is 0 Å². The summed E-state index contributed by atoms with van der Waals surface area (Å²) in [6.45, 7) is -0.0883. The van der Waals surface area contributed by atoms with Crippen LogP contribution in [0.3, 0.4) is 0 Å². The highest BCUT2D eigenvalue weighted by atomic mass is 32.2. The Kier molecular flexibility index (Phi) is 6.30. The van der Waals surface area contributed by atoms with Gasteiger partial charge in [0.25, 0.3) is 0 Å². The van der Waals surface area contributed by atoms with Crippen molar-refractivity contribution in [3.8, 4) is 0 Å². The first-order valence-electron chi connectivity index (χ1n) is 4.79. The van der Waals surface area contributed by atoms with Gasteiger partial charge in [-0.05, 0) is 6.42 Å². The lowest BCUT2D eigenvalue weighted by Gasteiger charge is -2.28. The molecule has 4 N–H and O–H groups in total. The van der Waals surface area contributed by atoms with Crippen LogP contribution in [0, 0.1) is 0 Å². The second-order valence-electron chi connectivity index (χ2n) is 3.53. The van der Waals surface area contributed by atoms with Crippen LogP contribution in [-0.4, -0.2) is 54.8 Å². The Balaban J connectivity index is 4.52. The van der Waals surface area contributed by atoms with E-state index in [9.17, 15) is 8.42 Å². The summed E-state index contributed by atoms with van der Waals surface area (Å²) < 4.78 is 25.0. The van der Waals surface area contributed by atoms with E-state index in [0.29, 0.717) is 6.42 Å². The summed E-state index contributed by atoms with van der Waals surface area (Å²) in [6.07, 6.45) is 1.22. The molecule has 92 valence electrons. The molecule has 0 aliphatic rings. The molecule has 0 saturated carbocycles. The van der Waals surface area contributed by atoms with E-state index in [-0.39, 0.29) is 5.75 Å². The predicted octanol–water partition coefficient (Wildman–Crippen LogP) is -1.58. The third kappa shape index (κ3) is 4.89. The summed E-state index contributed by atoms with van der Waals surface area (Å²) in [5.74, 6) is -0.0781. The molecule has 6 nitrogen and oxygen atoms in total. The Morgan fingerprint density at radius 2 is 1.60 bits per heavy atom. The molecule has 0 radical (unpaired) electrons. The smallest absolute Gasteiger partial charge is 0.212 e. The molecule has 0 unspecified atom stereocenters. The molecule has 15 heavy (non-hydrogen) atoms. The summed E-state index contributed by atoms with van der Waals surface area (Å²) in [4.78, 5) is 0. The first-order chi connectivity index (χ1) is 6.95. The van der Waals surface area contributed by atoms with Crippen molar-refractivity contribution in [2.45, 2.75) is 25.3 Å². The number of aliphatic hydroxyl groups is 3. The van der Waals surface area contributed by atoms with Gasteiger partial charge in [-0.1, -0.05) is 13.3 Å². The normalized spacial score (nSPS) is 13.1. The molecule has 0 fully saturated rings. The number of hydrogen-bond donors (Lipinski definition) is 4. The van der Waals surface area contributed by atoms with Crippen LogP contribution in [0.1, 0.15) is 19.8 Å². The van der Waals surface area contributed by atoms with E-state index in [1.165, 1.54) is 0 Å². The molecule has 0 bridgehead atoms. The third-order valence-corrected chi connectivity index (χ3v) is 3.62. The zero-order chi connectivity index (χ0) is 11.9. The molecule has 0 aliphatic carbocycles. The van der Waals surface area contributed by atoms with Gasteiger partial charge in [-0.2, -0.15) is 0 Å². The maximum Gasteiger partial charge on any atom is 0.212 e. The molecule has 0 amide bonds. The monoisotopic (exact) mass is 241 g/mol. The molecular weight excluding hydrogens is 222 g/mol. The highest BCUT2D eigenvalue weighted by Crippen LogP contribution is 2.05. The molecule has 0 rings (SSSR count). The van der Waals surface area contributed by atoms with Gasteiger partial charge < -0.3 is 15.3 Å². The highest BCUT2D eigenvalue weighted by Gasteiger charge is 2.32. The van der Waals surface area contributed by atoms with E-state index in [4.69, 9.17) is 15.3 Å².